The first-order valence-electron chi connectivity index (χ1n) is 8.77. The molecule has 3 rings (SSSR count). The molecule has 27 heavy (non-hydrogen) atoms. The second kappa shape index (κ2) is 8.46. The summed E-state index contributed by atoms with van der Waals surface area (Å²) in [6.45, 7) is 2.17. The Morgan fingerprint density at radius 1 is 1.37 bits per heavy atom. The van der Waals surface area contributed by atoms with Crippen LogP contribution < -0.4 is 11.1 Å². The average molecular weight is 423 g/mol. The number of nitrogens with one attached hydrogen (secondary N) is 1. The Kier molecular flexibility index (Phi) is 6.25. The number of carbonyl (C=O) groups is 2. The third-order valence-corrected chi connectivity index (χ3v) is 6.54. The maximum atomic E-state index is 12.4. The van der Waals surface area contributed by atoms with E-state index in [1.54, 1.807) is 24.3 Å². The van der Waals surface area contributed by atoms with E-state index >= 15 is 0 Å². The molecule has 4 nitrogen and oxygen atoms in total. The van der Waals surface area contributed by atoms with Gasteiger partial charge in [0.1, 0.15) is 5.00 Å². The second-order valence-corrected chi connectivity index (χ2v) is 8.53. The van der Waals surface area contributed by atoms with Crippen molar-refractivity contribution in [3.63, 3.8) is 0 Å². The Bertz CT molecular complexity index is 921. The molecule has 0 saturated heterocycles. The molecule has 1 aromatic heterocycles. The number of thiophene rings is 1. The van der Waals surface area contributed by atoms with E-state index in [1.165, 1.54) is 17.4 Å². The molecule has 1 aliphatic rings. The van der Waals surface area contributed by atoms with Gasteiger partial charge in [0.25, 0.3) is 5.91 Å². The number of primary amides is 1. The van der Waals surface area contributed by atoms with Gasteiger partial charge in [0.05, 0.1) is 5.56 Å². The molecule has 0 saturated carbocycles. The zero-order chi connectivity index (χ0) is 19.6. The summed E-state index contributed by atoms with van der Waals surface area (Å²) in [7, 11) is 0. The van der Waals surface area contributed by atoms with Crippen LogP contribution in [0, 0.1) is 5.92 Å². The zero-order valence-electron chi connectivity index (χ0n) is 14.9. The lowest BCUT2D eigenvalue weighted by Gasteiger charge is -2.20. The molecule has 0 aliphatic heterocycles. The number of amides is 2. The van der Waals surface area contributed by atoms with Crippen molar-refractivity contribution in [2.45, 2.75) is 32.6 Å². The van der Waals surface area contributed by atoms with Crippen LogP contribution in [-0.2, 0) is 17.6 Å². The standard InChI is InChI=1S/C20H20Cl2N2O2S/c1-2-11-3-7-14-16(9-11)27-20(18(14)19(23)26)24-17(25)8-5-12-4-6-13(21)10-15(12)22/h4-6,8,10-11H,2-3,7,9H2,1H3,(H2,23,26)(H,24,25)/b8-5+. The van der Waals surface area contributed by atoms with E-state index in [2.05, 4.69) is 12.2 Å². The summed E-state index contributed by atoms with van der Waals surface area (Å²) in [5.74, 6) is -0.219. The van der Waals surface area contributed by atoms with Gasteiger partial charge in [-0.3, -0.25) is 9.59 Å². The fraction of sp³-hybridized carbons (Fsp3) is 0.300. The van der Waals surface area contributed by atoms with Crippen LogP contribution in [0.25, 0.3) is 6.08 Å². The predicted octanol–water partition coefficient (Wildman–Crippen LogP) is 5.32. The van der Waals surface area contributed by atoms with Crippen molar-refractivity contribution in [3.05, 3.63) is 55.9 Å². The summed E-state index contributed by atoms with van der Waals surface area (Å²) in [4.78, 5) is 25.5. The molecule has 7 heteroatoms. The normalized spacial score (nSPS) is 16.3. The third kappa shape index (κ3) is 4.54. The average Bonchev–Trinajstić information content (AvgIpc) is 2.97. The minimum atomic E-state index is -0.498. The molecule has 0 spiro atoms. The quantitative estimate of drug-likeness (QED) is 0.639. The lowest BCUT2D eigenvalue weighted by atomic mass is 9.85. The SMILES string of the molecule is CCC1CCc2c(sc(NC(=O)/C=C/c3ccc(Cl)cc3Cl)c2C(N)=O)C1. The van der Waals surface area contributed by atoms with E-state index in [4.69, 9.17) is 28.9 Å². The number of hydrogen-bond acceptors (Lipinski definition) is 3. The molecule has 0 fully saturated rings. The minimum absolute atomic E-state index is 0.339. The number of carbonyl (C=O) groups excluding carboxylic acids is 2. The largest absolute Gasteiger partial charge is 0.365 e. The van der Waals surface area contributed by atoms with Gasteiger partial charge in [-0.25, -0.2) is 0 Å². The first-order chi connectivity index (χ1) is 12.9. The lowest BCUT2D eigenvalue weighted by molar-refractivity contribution is -0.111. The minimum Gasteiger partial charge on any atom is -0.365 e. The van der Waals surface area contributed by atoms with Crippen molar-refractivity contribution >= 4 is 57.4 Å². The molecule has 1 heterocycles. The summed E-state index contributed by atoms with van der Waals surface area (Å²) >= 11 is 13.4. The van der Waals surface area contributed by atoms with Crippen LogP contribution in [0.3, 0.4) is 0 Å². The first-order valence-corrected chi connectivity index (χ1v) is 10.3. The molecule has 0 radical (unpaired) electrons. The van der Waals surface area contributed by atoms with Gasteiger partial charge in [0.15, 0.2) is 0 Å². The molecule has 142 valence electrons. The maximum absolute atomic E-state index is 12.4. The Balaban J connectivity index is 1.80. The molecule has 1 aromatic carbocycles. The van der Waals surface area contributed by atoms with Crippen LogP contribution in [0.5, 0.6) is 0 Å². The fourth-order valence-electron chi connectivity index (χ4n) is 3.31. The van der Waals surface area contributed by atoms with Crippen LogP contribution >= 0.6 is 34.5 Å². The first kappa shape index (κ1) is 19.9. The van der Waals surface area contributed by atoms with E-state index < -0.39 is 5.91 Å². The van der Waals surface area contributed by atoms with Crippen LogP contribution in [-0.4, -0.2) is 11.8 Å². The van der Waals surface area contributed by atoms with Gasteiger partial charge in [-0.05, 0) is 54.5 Å². The Labute approximate surface area is 172 Å². The van der Waals surface area contributed by atoms with E-state index in [1.807, 2.05) is 0 Å². The number of fused-ring (bicyclic) bond motifs is 1. The number of nitrogens with two attached hydrogens (primary N) is 1. The monoisotopic (exact) mass is 422 g/mol. The number of benzene rings is 1. The topological polar surface area (TPSA) is 72.2 Å². The fourth-order valence-corrected chi connectivity index (χ4v) is 5.15. The molecular formula is C20H20Cl2N2O2S. The highest BCUT2D eigenvalue weighted by Crippen LogP contribution is 2.40. The van der Waals surface area contributed by atoms with E-state index in [0.29, 0.717) is 32.1 Å². The molecule has 2 aromatic rings. The van der Waals surface area contributed by atoms with Gasteiger partial charge < -0.3 is 11.1 Å². The summed E-state index contributed by atoms with van der Waals surface area (Å²) in [5, 5.41) is 4.32. The van der Waals surface area contributed by atoms with Gasteiger partial charge in [0.2, 0.25) is 5.91 Å². The molecule has 1 unspecified atom stereocenters. The van der Waals surface area contributed by atoms with Crippen LogP contribution in [0.4, 0.5) is 5.00 Å². The summed E-state index contributed by atoms with van der Waals surface area (Å²) < 4.78 is 0. The Hall–Kier alpha value is -1.82. The van der Waals surface area contributed by atoms with Gasteiger partial charge in [-0.2, -0.15) is 0 Å². The lowest BCUT2D eigenvalue weighted by Crippen LogP contribution is -2.19. The molecule has 3 N–H and O–H groups in total. The predicted molar refractivity (Wildman–Crippen MR) is 113 cm³/mol. The third-order valence-electron chi connectivity index (χ3n) is 4.80. The Morgan fingerprint density at radius 2 is 2.15 bits per heavy atom. The van der Waals surface area contributed by atoms with Crippen molar-refractivity contribution in [1.82, 2.24) is 0 Å². The second-order valence-electron chi connectivity index (χ2n) is 6.58. The summed E-state index contributed by atoms with van der Waals surface area (Å²) in [5.41, 5.74) is 7.73. The highest BCUT2D eigenvalue weighted by molar-refractivity contribution is 7.17. The molecule has 1 aliphatic carbocycles. The van der Waals surface area contributed by atoms with Crippen molar-refractivity contribution < 1.29 is 9.59 Å². The number of hydrogen-bond donors (Lipinski definition) is 2. The molecule has 1 atom stereocenters. The zero-order valence-corrected chi connectivity index (χ0v) is 17.2. The molecule has 2 amide bonds. The highest BCUT2D eigenvalue weighted by atomic mass is 35.5. The van der Waals surface area contributed by atoms with Crippen molar-refractivity contribution in [2.24, 2.45) is 11.7 Å². The van der Waals surface area contributed by atoms with Gasteiger partial charge in [0, 0.05) is 21.0 Å². The van der Waals surface area contributed by atoms with Gasteiger partial charge in [-0.15, -0.1) is 11.3 Å². The highest BCUT2D eigenvalue weighted by Gasteiger charge is 2.27. The van der Waals surface area contributed by atoms with Crippen molar-refractivity contribution in [1.29, 1.82) is 0 Å². The van der Waals surface area contributed by atoms with Crippen molar-refractivity contribution in [3.8, 4) is 0 Å². The van der Waals surface area contributed by atoms with Crippen LogP contribution in [0.15, 0.2) is 24.3 Å². The molecule has 0 bridgehead atoms. The van der Waals surface area contributed by atoms with Gasteiger partial charge in [-0.1, -0.05) is 42.6 Å². The smallest absolute Gasteiger partial charge is 0.251 e. The number of halogens is 2. The Morgan fingerprint density at radius 3 is 2.81 bits per heavy atom. The van der Waals surface area contributed by atoms with E-state index in [-0.39, 0.29) is 5.91 Å². The van der Waals surface area contributed by atoms with Crippen molar-refractivity contribution in [2.75, 3.05) is 5.32 Å². The molecular weight excluding hydrogens is 403 g/mol. The van der Waals surface area contributed by atoms with Crippen LogP contribution in [0.2, 0.25) is 10.0 Å². The number of anilines is 1. The number of rotatable bonds is 5. The summed E-state index contributed by atoms with van der Waals surface area (Å²) in [6, 6.07) is 5.05. The summed E-state index contributed by atoms with van der Waals surface area (Å²) in [6.07, 6.45) is 6.90. The van der Waals surface area contributed by atoms with Gasteiger partial charge >= 0.3 is 0 Å². The maximum Gasteiger partial charge on any atom is 0.251 e. The van der Waals surface area contributed by atoms with E-state index in [9.17, 15) is 9.59 Å². The van der Waals surface area contributed by atoms with E-state index in [0.717, 1.165) is 36.1 Å². The van der Waals surface area contributed by atoms with Crippen LogP contribution in [0.1, 0.15) is 46.1 Å².